The van der Waals surface area contributed by atoms with Crippen molar-refractivity contribution in [2.45, 2.75) is 24.5 Å². The number of morpholine rings is 1. The lowest BCUT2D eigenvalue weighted by atomic mass is 9.96. The van der Waals surface area contributed by atoms with Crippen LogP contribution in [0.15, 0.2) is 41.7 Å². The highest BCUT2D eigenvalue weighted by Crippen LogP contribution is 2.36. The van der Waals surface area contributed by atoms with Crippen LogP contribution in [0.3, 0.4) is 0 Å². The lowest BCUT2D eigenvalue weighted by Gasteiger charge is -2.36. The second-order valence-electron chi connectivity index (χ2n) is 7.34. The van der Waals surface area contributed by atoms with Crippen LogP contribution >= 0.6 is 0 Å². The molecule has 2 unspecified atom stereocenters. The van der Waals surface area contributed by atoms with Crippen molar-refractivity contribution in [3.05, 3.63) is 53.3 Å². The molecule has 0 saturated carbocycles. The number of hydrogen-bond acceptors (Lipinski definition) is 4. The van der Waals surface area contributed by atoms with Gasteiger partial charge in [0.15, 0.2) is 5.96 Å². The van der Waals surface area contributed by atoms with Crippen molar-refractivity contribution in [2.75, 3.05) is 33.3 Å². The number of nitrogens with zero attached hydrogens (tertiary/aromatic N) is 4. The fourth-order valence-electron chi connectivity index (χ4n) is 4.06. The monoisotopic (exact) mass is 369 g/mol. The SMILES string of the molecule is CN=C(NCC1(O)CCc2ccccc21)N1CCOC(c2cnn(C)c2)C1. The maximum atomic E-state index is 11.1. The average Bonchev–Trinajstić information content (AvgIpc) is 3.27. The number of nitrogens with one attached hydrogen (secondary N) is 1. The largest absolute Gasteiger partial charge is 0.383 e. The van der Waals surface area contributed by atoms with E-state index in [2.05, 4.69) is 26.4 Å². The van der Waals surface area contributed by atoms with Crippen LogP contribution in [0.4, 0.5) is 0 Å². The number of hydrogen-bond donors (Lipinski definition) is 2. The van der Waals surface area contributed by atoms with E-state index in [-0.39, 0.29) is 6.10 Å². The van der Waals surface area contributed by atoms with E-state index in [9.17, 15) is 5.11 Å². The summed E-state index contributed by atoms with van der Waals surface area (Å²) in [5.74, 6) is 0.796. The summed E-state index contributed by atoms with van der Waals surface area (Å²) in [6.07, 6.45) is 5.46. The van der Waals surface area contributed by atoms with Gasteiger partial charge in [-0.1, -0.05) is 24.3 Å². The molecule has 1 aliphatic carbocycles. The minimum absolute atomic E-state index is 0.0266. The first kappa shape index (κ1) is 18.0. The number of aryl methyl sites for hydroxylation is 2. The van der Waals surface area contributed by atoms with Crippen LogP contribution in [-0.4, -0.2) is 59.0 Å². The second-order valence-corrected chi connectivity index (χ2v) is 7.34. The highest BCUT2D eigenvalue weighted by atomic mass is 16.5. The van der Waals surface area contributed by atoms with Crippen LogP contribution in [0.2, 0.25) is 0 Å². The lowest BCUT2D eigenvalue weighted by Crippen LogP contribution is -2.51. The Kier molecular flexibility index (Phi) is 4.88. The Morgan fingerprint density at radius 2 is 2.30 bits per heavy atom. The first-order valence-corrected chi connectivity index (χ1v) is 9.45. The standard InChI is InChI=1S/C20H27N5O2/c1-21-19(22-14-20(26)8-7-15-5-3-4-6-17(15)20)25-9-10-27-18(13-25)16-11-23-24(2)12-16/h3-6,11-12,18,26H,7-10,13-14H2,1-2H3,(H,21,22). The highest BCUT2D eigenvalue weighted by Gasteiger charge is 2.37. The number of aliphatic imine (C=N–C) groups is 1. The number of aliphatic hydroxyl groups is 1. The Morgan fingerprint density at radius 3 is 3.07 bits per heavy atom. The number of guanidine groups is 1. The van der Waals surface area contributed by atoms with Crippen LogP contribution in [0, 0.1) is 0 Å². The molecule has 1 aliphatic heterocycles. The zero-order valence-electron chi connectivity index (χ0n) is 15.9. The third kappa shape index (κ3) is 3.57. The van der Waals surface area contributed by atoms with E-state index in [1.807, 2.05) is 37.6 Å². The van der Waals surface area contributed by atoms with E-state index >= 15 is 0 Å². The van der Waals surface area contributed by atoms with Crippen molar-refractivity contribution in [1.82, 2.24) is 20.0 Å². The summed E-state index contributed by atoms with van der Waals surface area (Å²) in [6.45, 7) is 2.56. The summed E-state index contributed by atoms with van der Waals surface area (Å²) >= 11 is 0. The molecule has 2 aromatic rings. The van der Waals surface area contributed by atoms with Gasteiger partial charge in [-0.15, -0.1) is 0 Å². The van der Waals surface area contributed by atoms with E-state index in [1.54, 1.807) is 11.7 Å². The van der Waals surface area contributed by atoms with Crippen LogP contribution in [0.1, 0.15) is 29.2 Å². The molecule has 7 heteroatoms. The molecule has 0 spiro atoms. The van der Waals surface area contributed by atoms with Gasteiger partial charge in [-0.3, -0.25) is 9.67 Å². The van der Waals surface area contributed by atoms with Gasteiger partial charge >= 0.3 is 0 Å². The van der Waals surface area contributed by atoms with E-state index in [4.69, 9.17) is 4.74 Å². The van der Waals surface area contributed by atoms with Gasteiger partial charge < -0.3 is 20.1 Å². The quantitative estimate of drug-likeness (QED) is 0.628. The van der Waals surface area contributed by atoms with Crippen molar-refractivity contribution in [3.63, 3.8) is 0 Å². The second kappa shape index (κ2) is 7.32. The van der Waals surface area contributed by atoms with Crippen molar-refractivity contribution in [1.29, 1.82) is 0 Å². The molecule has 2 aliphatic rings. The Balaban J connectivity index is 1.42. The summed E-state index contributed by atoms with van der Waals surface area (Å²) in [5, 5.41) is 18.8. The molecule has 144 valence electrons. The Hall–Kier alpha value is -2.38. The van der Waals surface area contributed by atoms with Gasteiger partial charge in [0.1, 0.15) is 11.7 Å². The summed E-state index contributed by atoms with van der Waals surface area (Å²) in [5.41, 5.74) is 2.49. The van der Waals surface area contributed by atoms with E-state index in [0.29, 0.717) is 19.7 Å². The molecule has 0 radical (unpaired) electrons. The molecule has 0 bridgehead atoms. The third-order valence-corrected chi connectivity index (χ3v) is 5.54. The topological polar surface area (TPSA) is 74.9 Å². The van der Waals surface area contributed by atoms with Crippen molar-refractivity contribution in [2.24, 2.45) is 12.0 Å². The average molecular weight is 369 g/mol. The molecule has 7 nitrogen and oxygen atoms in total. The Bertz CT molecular complexity index is 833. The summed E-state index contributed by atoms with van der Waals surface area (Å²) in [4.78, 5) is 6.62. The smallest absolute Gasteiger partial charge is 0.193 e. The number of fused-ring (bicyclic) bond motifs is 1. The maximum absolute atomic E-state index is 11.1. The van der Waals surface area contributed by atoms with Gasteiger partial charge in [-0.25, -0.2) is 0 Å². The maximum Gasteiger partial charge on any atom is 0.193 e. The van der Waals surface area contributed by atoms with Crippen LogP contribution in [0.25, 0.3) is 0 Å². The minimum Gasteiger partial charge on any atom is -0.383 e. The first-order valence-electron chi connectivity index (χ1n) is 9.45. The Labute approximate surface area is 159 Å². The fourth-order valence-corrected chi connectivity index (χ4v) is 4.06. The Morgan fingerprint density at radius 1 is 1.44 bits per heavy atom. The van der Waals surface area contributed by atoms with Gasteiger partial charge in [0.05, 0.1) is 25.9 Å². The number of rotatable bonds is 3. The lowest BCUT2D eigenvalue weighted by molar-refractivity contribution is -0.00909. The number of ether oxygens (including phenoxy) is 1. The van der Waals surface area contributed by atoms with Crippen LogP contribution in [-0.2, 0) is 23.8 Å². The molecule has 27 heavy (non-hydrogen) atoms. The van der Waals surface area contributed by atoms with Gasteiger partial charge in [0.2, 0.25) is 0 Å². The van der Waals surface area contributed by atoms with Crippen LogP contribution in [0.5, 0.6) is 0 Å². The molecule has 4 rings (SSSR count). The number of aromatic nitrogens is 2. The number of benzene rings is 1. The van der Waals surface area contributed by atoms with Gasteiger partial charge in [0.25, 0.3) is 0 Å². The molecule has 2 N–H and O–H groups in total. The first-order chi connectivity index (χ1) is 13.1. The summed E-state index contributed by atoms with van der Waals surface area (Å²) in [6, 6.07) is 8.15. The van der Waals surface area contributed by atoms with Gasteiger partial charge in [-0.05, 0) is 24.0 Å². The van der Waals surface area contributed by atoms with Gasteiger partial charge in [-0.2, -0.15) is 5.10 Å². The van der Waals surface area contributed by atoms with E-state index in [1.165, 1.54) is 5.56 Å². The molecule has 1 saturated heterocycles. The summed E-state index contributed by atoms with van der Waals surface area (Å²) < 4.78 is 7.71. The molecular formula is C20H27N5O2. The van der Waals surface area contributed by atoms with Crippen LogP contribution < -0.4 is 5.32 Å². The molecule has 0 amide bonds. The summed E-state index contributed by atoms with van der Waals surface area (Å²) in [7, 11) is 3.69. The molecule has 1 aromatic carbocycles. The zero-order chi connectivity index (χ0) is 18.9. The fraction of sp³-hybridized carbons (Fsp3) is 0.500. The van der Waals surface area contributed by atoms with Crippen molar-refractivity contribution >= 4 is 5.96 Å². The minimum atomic E-state index is -0.846. The molecule has 2 atom stereocenters. The third-order valence-electron chi connectivity index (χ3n) is 5.54. The van der Waals surface area contributed by atoms with E-state index < -0.39 is 5.60 Å². The zero-order valence-corrected chi connectivity index (χ0v) is 15.9. The van der Waals surface area contributed by atoms with Crippen molar-refractivity contribution in [3.8, 4) is 0 Å². The predicted molar refractivity (Wildman–Crippen MR) is 103 cm³/mol. The molecule has 1 fully saturated rings. The normalized spacial score (nSPS) is 25.5. The van der Waals surface area contributed by atoms with E-state index in [0.717, 1.165) is 36.5 Å². The molecular weight excluding hydrogens is 342 g/mol. The highest BCUT2D eigenvalue weighted by molar-refractivity contribution is 5.80. The van der Waals surface area contributed by atoms with Gasteiger partial charge in [0, 0.05) is 32.4 Å². The molecule has 2 heterocycles. The predicted octanol–water partition coefficient (Wildman–Crippen LogP) is 1.20. The van der Waals surface area contributed by atoms with Crippen molar-refractivity contribution < 1.29 is 9.84 Å². The molecule has 1 aromatic heterocycles.